The first-order chi connectivity index (χ1) is 7.56. The van der Waals surface area contributed by atoms with Crippen molar-refractivity contribution in [2.24, 2.45) is 5.92 Å². The van der Waals surface area contributed by atoms with Crippen molar-refractivity contribution in [1.82, 2.24) is 0 Å². The van der Waals surface area contributed by atoms with Crippen molar-refractivity contribution in [1.29, 1.82) is 0 Å². The Morgan fingerprint density at radius 1 is 1.19 bits per heavy atom. The summed E-state index contributed by atoms with van der Waals surface area (Å²) >= 11 is 0. The van der Waals surface area contributed by atoms with Crippen LogP contribution in [0.4, 0.5) is 0 Å². The summed E-state index contributed by atoms with van der Waals surface area (Å²) in [5.41, 5.74) is 0.146. The molecule has 0 heterocycles. The number of hydrogen-bond donors (Lipinski definition) is 2. The molecule has 0 aliphatic heterocycles. The van der Waals surface area contributed by atoms with E-state index < -0.39 is 11.2 Å². The molecule has 16 heavy (non-hydrogen) atoms. The van der Waals surface area contributed by atoms with Crippen molar-refractivity contribution in [3.63, 3.8) is 0 Å². The maximum Gasteiger partial charge on any atom is 0.121 e. The molecule has 86 valence electrons. The molecule has 2 aliphatic carbocycles. The van der Waals surface area contributed by atoms with E-state index in [1.165, 1.54) is 5.56 Å². The van der Waals surface area contributed by atoms with Gasteiger partial charge in [0, 0.05) is 0 Å². The number of benzene rings is 1. The summed E-state index contributed by atoms with van der Waals surface area (Å²) in [7, 11) is 0. The van der Waals surface area contributed by atoms with Gasteiger partial charge in [-0.25, -0.2) is 0 Å². The number of aryl methyl sites for hydroxylation is 1. The third-order valence-corrected chi connectivity index (χ3v) is 4.58. The van der Waals surface area contributed by atoms with E-state index in [4.69, 9.17) is 0 Å². The van der Waals surface area contributed by atoms with Crippen LogP contribution in [0.15, 0.2) is 24.3 Å². The van der Waals surface area contributed by atoms with Crippen LogP contribution in [0.1, 0.15) is 37.3 Å². The smallest absolute Gasteiger partial charge is 0.121 e. The van der Waals surface area contributed by atoms with Gasteiger partial charge in [-0.05, 0) is 49.7 Å². The molecule has 2 heteroatoms. The van der Waals surface area contributed by atoms with E-state index in [0.29, 0.717) is 6.42 Å². The number of fused-ring (bicyclic) bond motifs is 3. The van der Waals surface area contributed by atoms with Crippen LogP contribution in [0, 0.1) is 5.92 Å². The molecular formula is C14H18O2. The Kier molecular flexibility index (Phi) is 1.99. The lowest BCUT2D eigenvalue weighted by Gasteiger charge is -2.43. The fourth-order valence-corrected chi connectivity index (χ4v) is 3.60. The van der Waals surface area contributed by atoms with E-state index in [0.717, 1.165) is 24.8 Å². The molecule has 0 bridgehead atoms. The second kappa shape index (κ2) is 3.08. The largest absolute Gasteiger partial charge is 0.387 e. The van der Waals surface area contributed by atoms with Crippen LogP contribution in [0.5, 0.6) is 0 Å². The quantitative estimate of drug-likeness (QED) is 0.699. The SMILES string of the molecule is CC1(O)CC[C@@H]2CCc3ccccc3[C@@]21O. The fraction of sp³-hybridized carbons (Fsp3) is 0.571. The van der Waals surface area contributed by atoms with E-state index in [1.54, 1.807) is 6.92 Å². The Balaban J connectivity index is 2.21. The molecule has 0 amide bonds. The summed E-state index contributed by atoms with van der Waals surface area (Å²) in [4.78, 5) is 0. The second-order valence-corrected chi connectivity index (χ2v) is 5.47. The lowest BCUT2D eigenvalue weighted by molar-refractivity contribution is -0.152. The molecule has 0 spiro atoms. The molecule has 3 rings (SSSR count). The zero-order valence-electron chi connectivity index (χ0n) is 9.61. The van der Waals surface area contributed by atoms with Gasteiger partial charge in [-0.1, -0.05) is 24.3 Å². The molecule has 2 N–H and O–H groups in total. The Morgan fingerprint density at radius 3 is 2.75 bits per heavy atom. The highest BCUT2D eigenvalue weighted by molar-refractivity contribution is 5.39. The molecule has 1 fully saturated rings. The Bertz CT molecular complexity index is 424. The Hall–Kier alpha value is -0.860. The van der Waals surface area contributed by atoms with Crippen LogP contribution >= 0.6 is 0 Å². The first kappa shape index (κ1) is 10.3. The molecular weight excluding hydrogens is 200 g/mol. The third kappa shape index (κ3) is 1.09. The number of aliphatic hydroxyl groups is 2. The average molecular weight is 218 g/mol. The van der Waals surface area contributed by atoms with Crippen LogP contribution < -0.4 is 0 Å². The van der Waals surface area contributed by atoms with Crippen molar-refractivity contribution in [2.45, 2.75) is 43.8 Å². The van der Waals surface area contributed by atoms with Gasteiger partial charge in [0.15, 0.2) is 0 Å². The van der Waals surface area contributed by atoms with E-state index >= 15 is 0 Å². The minimum absolute atomic E-state index is 0.220. The van der Waals surface area contributed by atoms with Crippen LogP contribution in [0.2, 0.25) is 0 Å². The third-order valence-electron chi connectivity index (χ3n) is 4.58. The van der Waals surface area contributed by atoms with Gasteiger partial charge in [-0.15, -0.1) is 0 Å². The van der Waals surface area contributed by atoms with Gasteiger partial charge in [0.2, 0.25) is 0 Å². The lowest BCUT2D eigenvalue weighted by atomic mass is 9.69. The van der Waals surface area contributed by atoms with Gasteiger partial charge in [0.1, 0.15) is 5.60 Å². The highest BCUT2D eigenvalue weighted by Crippen LogP contribution is 2.54. The summed E-state index contributed by atoms with van der Waals surface area (Å²) in [6, 6.07) is 8.00. The summed E-state index contributed by atoms with van der Waals surface area (Å²) in [5.74, 6) is 0.220. The monoisotopic (exact) mass is 218 g/mol. The predicted octanol–water partition coefficient (Wildman–Crippen LogP) is 1.98. The zero-order chi connectivity index (χ0) is 11.4. The molecule has 0 aromatic heterocycles. The van der Waals surface area contributed by atoms with E-state index in [1.807, 2.05) is 18.2 Å². The maximum absolute atomic E-state index is 10.9. The molecule has 0 saturated heterocycles. The first-order valence-corrected chi connectivity index (χ1v) is 6.09. The number of rotatable bonds is 0. The van der Waals surface area contributed by atoms with Crippen molar-refractivity contribution >= 4 is 0 Å². The second-order valence-electron chi connectivity index (χ2n) is 5.47. The number of hydrogen-bond acceptors (Lipinski definition) is 2. The van der Waals surface area contributed by atoms with Crippen LogP contribution in [-0.4, -0.2) is 15.8 Å². The normalized spacial score (nSPS) is 41.6. The molecule has 1 saturated carbocycles. The van der Waals surface area contributed by atoms with Gasteiger partial charge >= 0.3 is 0 Å². The van der Waals surface area contributed by atoms with Crippen LogP contribution in [0.3, 0.4) is 0 Å². The van der Waals surface area contributed by atoms with Gasteiger partial charge in [0.05, 0.1) is 5.60 Å². The Morgan fingerprint density at radius 2 is 1.94 bits per heavy atom. The summed E-state index contributed by atoms with van der Waals surface area (Å²) in [6.45, 7) is 1.77. The molecule has 2 aliphatic rings. The van der Waals surface area contributed by atoms with E-state index in [2.05, 4.69) is 6.07 Å². The zero-order valence-corrected chi connectivity index (χ0v) is 9.61. The van der Waals surface area contributed by atoms with Crippen LogP contribution in [0.25, 0.3) is 0 Å². The summed E-state index contributed by atoms with van der Waals surface area (Å²) in [5, 5.41) is 21.4. The van der Waals surface area contributed by atoms with E-state index in [-0.39, 0.29) is 5.92 Å². The summed E-state index contributed by atoms with van der Waals surface area (Å²) < 4.78 is 0. The minimum Gasteiger partial charge on any atom is -0.387 e. The van der Waals surface area contributed by atoms with Crippen molar-refractivity contribution in [3.05, 3.63) is 35.4 Å². The van der Waals surface area contributed by atoms with E-state index in [9.17, 15) is 10.2 Å². The predicted molar refractivity (Wildman–Crippen MR) is 62.0 cm³/mol. The van der Waals surface area contributed by atoms with Gasteiger partial charge in [-0.3, -0.25) is 0 Å². The Labute approximate surface area is 95.9 Å². The minimum atomic E-state index is -1.03. The standard InChI is InChI=1S/C14H18O2/c1-13(15)9-8-11-7-6-10-4-2-3-5-12(10)14(11,13)16/h2-5,11,15-16H,6-9H2,1H3/t11-,13?,14-/m0/s1. The molecule has 3 atom stereocenters. The molecule has 0 radical (unpaired) electrons. The molecule has 1 aromatic rings. The highest BCUT2D eigenvalue weighted by atomic mass is 16.4. The topological polar surface area (TPSA) is 40.5 Å². The van der Waals surface area contributed by atoms with Crippen molar-refractivity contribution in [2.75, 3.05) is 0 Å². The molecule has 1 aromatic carbocycles. The molecule has 1 unspecified atom stereocenters. The summed E-state index contributed by atoms with van der Waals surface area (Å²) in [6.07, 6.45) is 3.64. The lowest BCUT2D eigenvalue weighted by Crippen LogP contribution is -2.51. The van der Waals surface area contributed by atoms with Gasteiger partial charge < -0.3 is 10.2 Å². The van der Waals surface area contributed by atoms with Gasteiger partial charge in [-0.2, -0.15) is 0 Å². The van der Waals surface area contributed by atoms with Crippen molar-refractivity contribution in [3.8, 4) is 0 Å². The van der Waals surface area contributed by atoms with Crippen molar-refractivity contribution < 1.29 is 10.2 Å². The molecule has 2 nitrogen and oxygen atoms in total. The highest BCUT2D eigenvalue weighted by Gasteiger charge is 2.58. The fourth-order valence-electron chi connectivity index (χ4n) is 3.60. The van der Waals surface area contributed by atoms with Gasteiger partial charge in [0.25, 0.3) is 0 Å². The maximum atomic E-state index is 10.9. The van der Waals surface area contributed by atoms with Crippen LogP contribution in [-0.2, 0) is 12.0 Å². The first-order valence-electron chi connectivity index (χ1n) is 6.09. The average Bonchev–Trinajstić information content (AvgIpc) is 2.51.